The van der Waals surface area contributed by atoms with Crippen molar-refractivity contribution in [2.45, 2.75) is 89.5 Å². The summed E-state index contributed by atoms with van der Waals surface area (Å²) < 4.78 is 8.66. The number of carbonyl (C=O) groups excluding carboxylic acids is 1. The van der Waals surface area contributed by atoms with Gasteiger partial charge in [0.1, 0.15) is 12.4 Å². The molecule has 0 unspecified atom stereocenters. The number of pyridine rings is 1. The smallest absolute Gasteiger partial charge is 0.294 e. The normalized spacial score (nSPS) is 12.0. The quantitative estimate of drug-likeness (QED) is 0.0271. The highest BCUT2D eigenvalue weighted by Gasteiger charge is 2.28. The molecule has 55 heavy (non-hydrogen) atoms. The summed E-state index contributed by atoms with van der Waals surface area (Å²) in [5.74, 6) is 0.510. The topological polar surface area (TPSA) is 130 Å². The molecule has 0 saturated heterocycles. The monoisotopic (exact) mass is 787 g/mol. The molecule has 0 aliphatic rings. The van der Waals surface area contributed by atoms with E-state index in [0.717, 1.165) is 63.8 Å². The Morgan fingerprint density at radius 1 is 1.00 bits per heavy atom. The van der Waals surface area contributed by atoms with Gasteiger partial charge in [-0.15, -0.1) is 21.9 Å². The molecule has 0 saturated carbocycles. The third kappa shape index (κ3) is 12.9. The van der Waals surface area contributed by atoms with E-state index >= 15 is 0 Å². The van der Waals surface area contributed by atoms with Gasteiger partial charge in [-0.05, 0) is 67.3 Å². The molecule has 1 amide bonds. The lowest BCUT2D eigenvalue weighted by Gasteiger charge is -2.24. The van der Waals surface area contributed by atoms with Gasteiger partial charge in [0.15, 0.2) is 6.61 Å². The van der Waals surface area contributed by atoms with Gasteiger partial charge in [0.05, 0.1) is 17.8 Å². The standard InChI is InChI=1S/C42H50ClN5O6S/c1-41(2,3)55-40-35-24-34(52-27-33-19-16-31-12-8-9-13-36(31)46-33)20-21-37(35)47(26-30-14-17-32(43)18-15-30)38(40)25-42(4,5)29-45-53-28-39(49)44-22-10-6-7-11-23-54-48(50)51/h8-9,12-21,24,29H,6-7,10-11,22-23,25-28H2,1-5H3,(H,44,49)/b45-29+. The summed E-state index contributed by atoms with van der Waals surface area (Å²) in [6, 6.07) is 26.4. The van der Waals surface area contributed by atoms with Crippen molar-refractivity contribution in [3.05, 3.63) is 111 Å². The van der Waals surface area contributed by atoms with E-state index in [1.807, 2.05) is 54.2 Å². The summed E-state index contributed by atoms with van der Waals surface area (Å²) in [5, 5.41) is 19.4. The molecule has 2 heterocycles. The Balaban J connectivity index is 1.32. The van der Waals surface area contributed by atoms with Gasteiger partial charge >= 0.3 is 0 Å². The first-order valence-corrected chi connectivity index (χ1v) is 19.7. The molecule has 13 heteroatoms. The zero-order chi connectivity index (χ0) is 39.4. The summed E-state index contributed by atoms with van der Waals surface area (Å²) in [7, 11) is 0. The van der Waals surface area contributed by atoms with Crippen LogP contribution in [0.2, 0.25) is 5.02 Å². The molecule has 0 aliphatic carbocycles. The van der Waals surface area contributed by atoms with Crippen molar-refractivity contribution in [1.82, 2.24) is 14.9 Å². The van der Waals surface area contributed by atoms with Gasteiger partial charge in [-0.2, -0.15) is 0 Å². The second-order valence-corrected chi connectivity index (χ2v) is 17.4. The van der Waals surface area contributed by atoms with Gasteiger partial charge < -0.3 is 24.3 Å². The van der Waals surface area contributed by atoms with Crippen molar-refractivity contribution < 1.29 is 24.3 Å². The Morgan fingerprint density at radius 3 is 2.53 bits per heavy atom. The minimum absolute atomic E-state index is 0.0830. The van der Waals surface area contributed by atoms with Gasteiger partial charge in [-0.1, -0.05) is 101 Å². The fourth-order valence-corrected chi connectivity index (χ4v) is 7.40. The van der Waals surface area contributed by atoms with Crippen LogP contribution in [0.4, 0.5) is 0 Å². The minimum Gasteiger partial charge on any atom is -0.487 e. The Kier molecular flexibility index (Phi) is 14.4. The molecule has 11 nitrogen and oxygen atoms in total. The molecular formula is C42H50ClN5O6S. The lowest BCUT2D eigenvalue weighted by molar-refractivity contribution is -0.757. The van der Waals surface area contributed by atoms with Crippen LogP contribution in [0.5, 0.6) is 5.75 Å². The van der Waals surface area contributed by atoms with Gasteiger partial charge in [-0.25, -0.2) is 4.98 Å². The SMILES string of the molecule is CC(C)(/C=N/OCC(=O)NCCCCCCO[N+](=O)[O-])Cc1c(SC(C)(C)C)c2cc(OCc3ccc4ccccc4n3)ccc2n1Cc1ccc(Cl)cc1. The van der Waals surface area contributed by atoms with Crippen molar-refractivity contribution in [2.75, 3.05) is 19.8 Å². The molecule has 3 aromatic carbocycles. The second-order valence-electron chi connectivity index (χ2n) is 15.2. The molecule has 5 rings (SSSR count). The van der Waals surface area contributed by atoms with Crippen LogP contribution in [0.1, 0.15) is 77.3 Å². The lowest BCUT2D eigenvalue weighted by Crippen LogP contribution is -2.28. The molecule has 292 valence electrons. The van der Waals surface area contributed by atoms with Crippen LogP contribution in [-0.4, -0.2) is 51.3 Å². The van der Waals surface area contributed by atoms with Crippen LogP contribution in [0, 0.1) is 15.5 Å². The maximum atomic E-state index is 12.4. The number of ether oxygens (including phenoxy) is 1. The summed E-state index contributed by atoms with van der Waals surface area (Å²) in [5.41, 5.74) is 4.75. The molecule has 0 radical (unpaired) electrons. The van der Waals surface area contributed by atoms with Gasteiger partial charge in [0, 0.05) is 61.4 Å². The minimum atomic E-state index is -0.783. The second kappa shape index (κ2) is 19.2. The van der Waals surface area contributed by atoms with E-state index in [0.29, 0.717) is 37.6 Å². The number of nitrogens with one attached hydrogen (secondary N) is 1. The average Bonchev–Trinajstić information content (AvgIpc) is 3.39. The van der Waals surface area contributed by atoms with Crippen molar-refractivity contribution in [2.24, 2.45) is 10.6 Å². The molecule has 0 spiro atoms. The number of thioether (sulfide) groups is 1. The van der Waals surface area contributed by atoms with Gasteiger partial charge in [0.25, 0.3) is 11.0 Å². The Labute approximate surface area is 331 Å². The third-order valence-electron chi connectivity index (χ3n) is 8.68. The largest absolute Gasteiger partial charge is 0.487 e. The zero-order valence-electron chi connectivity index (χ0n) is 32.2. The van der Waals surface area contributed by atoms with Crippen LogP contribution in [0.15, 0.2) is 88.9 Å². The van der Waals surface area contributed by atoms with E-state index in [2.05, 4.69) is 90.9 Å². The number of benzene rings is 3. The van der Waals surface area contributed by atoms with Crippen LogP contribution in [0.25, 0.3) is 21.8 Å². The maximum absolute atomic E-state index is 12.4. The first kappa shape index (κ1) is 41.4. The van der Waals surface area contributed by atoms with Crippen LogP contribution >= 0.6 is 23.4 Å². The van der Waals surface area contributed by atoms with Gasteiger partial charge in [-0.3, -0.25) is 4.79 Å². The van der Waals surface area contributed by atoms with E-state index < -0.39 is 10.5 Å². The van der Waals surface area contributed by atoms with E-state index in [1.165, 1.54) is 4.90 Å². The summed E-state index contributed by atoms with van der Waals surface area (Å²) in [6.45, 7) is 12.3. The number of fused-ring (bicyclic) bond motifs is 2. The number of halogens is 1. The first-order valence-electron chi connectivity index (χ1n) is 18.5. The van der Waals surface area contributed by atoms with E-state index in [9.17, 15) is 14.9 Å². The zero-order valence-corrected chi connectivity index (χ0v) is 33.8. The summed E-state index contributed by atoms with van der Waals surface area (Å²) >= 11 is 8.10. The Morgan fingerprint density at radius 2 is 1.76 bits per heavy atom. The Hall–Kier alpha value is -4.81. The number of aromatic nitrogens is 2. The van der Waals surface area contributed by atoms with E-state index in [1.54, 1.807) is 6.21 Å². The highest BCUT2D eigenvalue weighted by Crippen LogP contribution is 2.44. The number of oxime groups is 1. The molecule has 5 aromatic rings. The van der Waals surface area contributed by atoms with Crippen molar-refractivity contribution in [3.63, 3.8) is 0 Å². The number of hydrogen-bond donors (Lipinski definition) is 1. The number of unbranched alkanes of at least 4 members (excludes halogenated alkanes) is 3. The number of hydrogen-bond acceptors (Lipinski definition) is 9. The third-order valence-corrected chi connectivity index (χ3v) is 10.2. The maximum Gasteiger partial charge on any atom is 0.294 e. The molecule has 1 N–H and O–H groups in total. The predicted octanol–water partition coefficient (Wildman–Crippen LogP) is 9.82. The molecular weight excluding hydrogens is 738 g/mol. The van der Waals surface area contributed by atoms with Crippen molar-refractivity contribution in [1.29, 1.82) is 0 Å². The number of para-hydroxylation sites is 1. The molecule has 0 fully saturated rings. The van der Waals surface area contributed by atoms with E-state index in [4.69, 9.17) is 26.2 Å². The van der Waals surface area contributed by atoms with Crippen LogP contribution in [0.3, 0.4) is 0 Å². The molecule has 0 bridgehead atoms. The van der Waals surface area contributed by atoms with Crippen LogP contribution in [-0.2, 0) is 34.0 Å². The van der Waals surface area contributed by atoms with Gasteiger partial charge in [0.2, 0.25) is 0 Å². The van der Waals surface area contributed by atoms with Crippen molar-refractivity contribution in [3.8, 4) is 5.75 Å². The summed E-state index contributed by atoms with van der Waals surface area (Å²) in [6.07, 6.45) is 5.39. The number of rotatable bonds is 20. The fourth-order valence-electron chi connectivity index (χ4n) is 6.09. The summed E-state index contributed by atoms with van der Waals surface area (Å²) in [4.78, 5) is 38.3. The Bertz CT molecular complexity index is 2090. The van der Waals surface area contributed by atoms with Crippen LogP contribution < -0.4 is 10.1 Å². The molecule has 0 aliphatic heterocycles. The highest BCUT2D eigenvalue weighted by molar-refractivity contribution is 8.00. The predicted molar refractivity (Wildman–Crippen MR) is 221 cm³/mol. The number of nitrogens with zero attached hydrogens (tertiary/aromatic N) is 4. The van der Waals surface area contributed by atoms with Crippen molar-refractivity contribution >= 4 is 57.3 Å². The molecule has 2 aromatic heterocycles. The highest BCUT2D eigenvalue weighted by atomic mass is 35.5. The first-order chi connectivity index (χ1) is 26.3. The number of carbonyl (C=O) groups is 1. The molecule has 0 atom stereocenters. The lowest BCUT2D eigenvalue weighted by atomic mass is 9.89. The average molecular weight is 788 g/mol. The van der Waals surface area contributed by atoms with E-state index in [-0.39, 0.29) is 23.9 Å². The fraction of sp³-hybridized carbons (Fsp3) is 0.405. The number of amides is 1.